The van der Waals surface area contributed by atoms with Crippen LogP contribution in [0.25, 0.3) is 0 Å². The molecule has 24 heavy (non-hydrogen) atoms. The van der Waals surface area contributed by atoms with Gasteiger partial charge in [0.05, 0.1) is 10.0 Å². The molecule has 126 valence electrons. The van der Waals surface area contributed by atoms with E-state index in [1.165, 1.54) is 12.8 Å². The molecule has 0 N–H and O–H groups in total. The maximum atomic E-state index is 12.7. The summed E-state index contributed by atoms with van der Waals surface area (Å²) in [6.07, 6.45) is 4.10. The minimum Gasteiger partial charge on any atom is -0.371 e. The molecule has 4 nitrogen and oxygen atoms in total. The Morgan fingerprint density at radius 1 is 1.17 bits per heavy atom. The first kappa shape index (κ1) is 17.1. The van der Waals surface area contributed by atoms with Crippen molar-refractivity contribution >= 4 is 34.8 Å². The summed E-state index contributed by atoms with van der Waals surface area (Å²) in [4.78, 5) is 20.8. The standard InChI is InChI=1S/C18H19Cl2N3O/c1-22(12-13-4-5-15(19)16(20)10-13)18(24)17-11-14(6-7-21-17)23-8-2-3-9-23/h4-7,10-11H,2-3,8-9,12H2,1H3. The number of rotatable bonds is 4. The zero-order valence-electron chi connectivity index (χ0n) is 13.5. The first-order valence-corrected chi connectivity index (χ1v) is 8.70. The van der Waals surface area contributed by atoms with Crippen molar-refractivity contribution in [1.29, 1.82) is 0 Å². The van der Waals surface area contributed by atoms with Crippen molar-refractivity contribution in [3.05, 3.63) is 57.8 Å². The third-order valence-electron chi connectivity index (χ3n) is 4.18. The fourth-order valence-electron chi connectivity index (χ4n) is 2.89. The van der Waals surface area contributed by atoms with Crippen LogP contribution in [0.4, 0.5) is 5.69 Å². The van der Waals surface area contributed by atoms with E-state index in [-0.39, 0.29) is 5.91 Å². The lowest BCUT2D eigenvalue weighted by Crippen LogP contribution is -2.27. The molecule has 1 aromatic carbocycles. The number of carbonyl (C=O) groups is 1. The van der Waals surface area contributed by atoms with Gasteiger partial charge in [-0.1, -0.05) is 29.3 Å². The molecular formula is C18H19Cl2N3O. The maximum absolute atomic E-state index is 12.7. The minimum absolute atomic E-state index is 0.109. The zero-order valence-corrected chi connectivity index (χ0v) is 15.0. The van der Waals surface area contributed by atoms with Gasteiger partial charge < -0.3 is 9.80 Å². The highest BCUT2D eigenvalue weighted by molar-refractivity contribution is 6.42. The van der Waals surface area contributed by atoms with Gasteiger partial charge in [-0.3, -0.25) is 9.78 Å². The van der Waals surface area contributed by atoms with Crippen LogP contribution >= 0.6 is 23.2 Å². The summed E-state index contributed by atoms with van der Waals surface area (Å²) in [7, 11) is 1.76. The molecule has 0 aliphatic carbocycles. The minimum atomic E-state index is -0.109. The van der Waals surface area contributed by atoms with Gasteiger partial charge in [-0.2, -0.15) is 0 Å². The van der Waals surface area contributed by atoms with E-state index < -0.39 is 0 Å². The molecule has 2 aromatic rings. The SMILES string of the molecule is CN(Cc1ccc(Cl)c(Cl)c1)C(=O)c1cc(N2CCCC2)ccn1. The van der Waals surface area contributed by atoms with Gasteiger partial charge in [-0.25, -0.2) is 0 Å². The highest BCUT2D eigenvalue weighted by Crippen LogP contribution is 2.24. The highest BCUT2D eigenvalue weighted by atomic mass is 35.5. The van der Waals surface area contributed by atoms with Crippen LogP contribution in [0, 0.1) is 0 Å². The van der Waals surface area contributed by atoms with Gasteiger partial charge in [0.25, 0.3) is 5.91 Å². The van der Waals surface area contributed by atoms with E-state index in [4.69, 9.17) is 23.2 Å². The summed E-state index contributed by atoms with van der Waals surface area (Å²) in [5.74, 6) is -0.109. The molecule has 0 radical (unpaired) electrons. The molecule has 0 saturated carbocycles. The number of hydrogen-bond donors (Lipinski definition) is 0. The van der Waals surface area contributed by atoms with Gasteiger partial charge in [-0.05, 0) is 42.7 Å². The monoisotopic (exact) mass is 363 g/mol. The van der Waals surface area contributed by atoms with E-state index in [2.05, 4.69) is 9.88 Å². The summed E-state index contributed by atoms with van der Waals surface area (Å²) in [5.41, 5.74) is 2.45. The van der Waals surface area contributed by atoms with Crippen molar-refractivity contribution in [3.63, 3.8) is 0 Å². The van der Waals surface area contributed by atoms with Gasteiger partial charge in [0.15, 0.2) is 0 Å². The van der Waals surface area contributed by atoms with Crippen molar-refractivity contribution < 1.29 is 4.79 Å². The Bertz CT molecular complexity index is 745. The van der Waals surface area contributed by atoms with Crippen LogP contribution < -0.4 is 4.90 Å². The van der Waals surface area contributed by atoms with Crippen molar-refractivity contribution in [2.24, 2.45) is 0 Å². The van der Waals surface area contributed by atoms with Gasteiger partial charge in [0.1, 0.15) is 5.69 Å². The third-order valence-corrected chi connectivity index (χ3v) is 4.92. The molecule has 0 atom stereocenters. The van der Waals surface area contributed by atoms with Crippen LogP contribution in [0.5, 0.6) is 0 Å². The second kappa shape index (κ2) is 7.41. The van der Waals surface area contributed by atoms with Crippen LogP contribution in [-0.4, -0.2) is 35.9 Å². The Kier molecular flexibility index (Phi) is 5.27. The topological polar surface area (TPSA) is 36.4 Å². The van der Waals surface area contributed by atoms with Crippen LogP contribution in [-0.2, 0) is 6.54 Å². The molecular weight excluding hydrogens is 345 g/mol. The number of amides is 1. The van der Waals surface area contributed by atoms with E-state index in [9.17, 15) is 4.79 Å². The summed E-state index contributed by atoms with van der Waals surface area (Å²) < 4.78 is 0. The summed E-state index contributed by atoms with van der Waals surface area (Å²) in [5, 5.41) is 0.999. The predicted octanol–water partition coefficient (Wildman–Crippen LogP) is 4.26. The van der Waals surface area contributed by atoms with E-state index in [0.717, 1.165) is 24.3 Å². The van der Waals surface area contributed by atoms with Crippen molar-refractivity contribution in [2.45, 2.75) is 19.4 Å². The van der Waals surface area contributed by atoms with Gasteiger partial charge in [0.2, 0.25) is 0 Å². The normalized spacial score (nSPS) is 14.0. The molecule has 0 unspecified atom stereocenters. The molecule has 1 amide bonds. The Hall–Kier alpha value is -1.78. The molecule has 1 aliphatic heterocycles. The number of aromatic nitrogens is 1. The fourth-order valence-corrected chi connectivity index (χ4v) is 3.21. The lowest BCUT2D eigenvalue weighted by Gasteiger charge is -2.20. The van der Waals surface area contributed by atoms with Crippen molar-refractivity contribution in [3.8, 4) is 0 Å². The second-order valence-corrected chi connectivity index (χ2v) is 6.82. The van der Waals surface area contributed by atoms with E-state index in [0.29, 0.717) is 22.3 Å². The van der Waals surface area contributed by atoms with Crippen molar-refractivity contribution in [2.75, 3.05) is 25.0 Å². The van der Waals surface area contributed by atoms with E-state index >= 15 is 0 Å². The summed E-state index contributed by atoms with van der Waals surface area (Å²) in [6, 6.07) is 9.22. The number of hydrogen-bond acceptors (Lipinski definition) is 3. The lowest BCUT2D eigenvalue weighted by molar-refractivity contribution is 0.0779. The number of carbonyl (C=O) groups excluding carboxylic acids is 1. The van der Waals surface area contributed by atoms with Crippen LogP contribution in [0.2, 0.25) is 10.0 Å². The maximum Gasteiger partial charge on any atom is 0.272 e. The number of pyridine rings is 1. The van der Waals surface area contributed by atoms with Gasteiger partial charge in [-0.15, -0.1) is 0 Å². The quantitative estimate of drug-likeness (QED) is 0.813. The molecule has 6 heteroatoms. The molecule has 1 saturated heterocycles. The molecule has 3 rings (SSSR count). The average molecular weight is 364 g/mol. The zero-order chi connectivity index (χ0) is 17.1. The van der Waals surface area contributed by atoms with E-state index in [1.807, 2.05) is 18.2 Å². The lowest BCUT2D eigenvalue weighted by atomic mass is 10.2. The molecule has 1 aromatic heterocycles. The molecule has 0 spiro atoms. The van der Waals surface area contributed by atoms with Crippen LogP contribution in [0.3, 0.4) is 0 Å². The van der Waals surface area contributed by atoms with Crippen LogP contribution in [0.1, 0.15) is 28.9 Å². The Morgan fingerprint density at radius 3 is 2.62 bits per heavy atom. The van der Waals surface area contributed by atoms with Crippen molar-refractivity contribution in [1.82, 2.24) is 9.88 Å². The summed E-state index contributed by atoms with van der Waals surface area (Å²) in [6.45, 7) is 2.53. The first-order chi connectivity index (χ1) is 11.5. The second-order valence-electron chi connectivity index (χ2n) is 6.00. The first-order valence-electron chi connectivity index (χ1n) is 7.95. The average Bonchev–Trinajstić information content (AvgIpc) is 3.12. The molecule has 2 heterocycles. The Balaban J connectivity index is 1.73. The van der Waals surface area contributed by atoms with E-state index in [1.54, 1.807) is 30.3 Å². The fraction of sp³-hybridized carbons (Fsp3) is 0.333. The largest absolute Gasteiger partial charge is 0.371 e. The molecule has 0 bridgehead atoms. The highest BCUT2D eigenvalue weighted by Gasteiger charge is 2.17. The molecule has 1 fully saturated rings. The smallest absolute Gasteiger partial charge is 0.272 e. The predicted molar refractivity (Wildman–Crippen MR) is 97.9 cm³/mol. The number of anilines is 1. The summed E-state index contributed by atoms with van der Waals surface area (Å²) >= 11 is 12.0. The number of benzene rings is 1. The Morgan fingerprint density at radius 2 is 1.92 bits per heavy atom. The van der Waals surface area contributed by atoms with Gasteiger partial charge in [0, 0.05) is 38.6 Å². The number of halogens is 2. The van der Waals surface area contributed by atoms with Crippen LogP contribution in [0.15, 0.2) is 36.5 Å². The molecule has 1 aliphatic rings. The van der Waals surface area contributed by atoms with Gasteiger partial charge >= 0.3 is 0 Å². The number of nitrogens with zero attached hydrogens (tertiary/aromatic N) is 3. The Labute approximate surface area is 152 Å². The third kappa shape index (κ3) is 3.82.